The lowest BCUT2D eigenvalue weighted by molar-refractivity contribution is 0.131. The van der Waals surface area contributed by atoms with Crippen molar-refractivity contribution in [2.24, 2.45) is 5.14 Å². The van der Waals surface area contributed by atoms with Crippen LogP contribution in [0.4, 0.5) is 0 Å². The van der Waals surface area contributed by atoms with Gasteiger partial charge in [0, 0.05) is 13.1 Å². The molecule has 1 aromatic rings. The number of sulfonamides is 1. The second kappa shape index (κ2) is 6.85. The number of aliphatic hydroxyl groups excluding tert-OH is 1. The number of primary sulfonamides is 1. The Morgan fingerprint density at radius 1 is 1.37 bits per heavy atom. The van der Waals surface area contributed by atoms with E-state index in [-0.39, 0.29) is 11.0 Å². The highest BCUT2D eigenvalue weighted by Crippen LogP contribution is 2.14. The fourth-order valence-corrected chi connectivity index (χ4v) is 2.10. The highest BCUT2D eigenvalue weighted by atomic mass is 32.2. The number of nitrogens with two attached hydrogens (primary N) is 1. The Hall–Kier alpha value is -1.15. The molecule has 0 aliphatic heterocycles. The second-order valence-corrected chi connectivity index (χ2v) is 6.04. The first kappa shape index (κ1) is 15.9. The van der Waals surface area contributed by atoms with E-state index in [1.54, 1.807) is 19.1 Å². The molecule has 0 saturated heterocycles. The van der Waals surface area contributed by atoms with Crippen LogP contribution in [0.25, 0.3) is 0 Å². The molecular weight excluding hydrogens is 268 g/mol. The van der Waals surface area contributed by atoms with Gasteiger partial charge in [0.15, 0.2) is 0 Å². The molecule has 0 heterocycles. The van der Waals surface area contributed by atoms with E-state index in [1.165, 1.54) is 12.1 Å². The van der Waals surface area contributed by atoms with E-state index in [1.807, 2.05) is 11.9 Å². The second-order valence-electron chi connectivity index (χ2n) is 4.48. The van der Waals surface area contributed by atoms with Gasteiger partial charge in [-0.25, -0.2) is 13.6 Å². The number of aliphatic hydroxyl groups is 1. The monoisotopic (exact) mass is 288 g/mol. The van der Waals surface area contributed by atoms with Gasteiger partial charge in [-0.1, -0.05) is 0 Å². The van der Waals surface area contributed by atoms with Crippen LogP contribution in [0.3, 0.4) is 0 Å². The largest absolute Gasteiger partial charge is 0.492 e. The topological polar surface area (TPSA) is 92.9 Å². The van der Waals surface area contributed by atoms with E-state index >= 15 is 0 Å². The highest BCUT2D eigenvalue weighted by Gasteiger charge is 2.07. The standard InChI is InChI=1S/C12H20N2O4S/c1-10(15)9-14(2)7-8-18-11-3-5-12(6-4-11)19(13,16)17/h3-6,10,15H,7-9H2,1-2H3,(H2,13,16,17). The van der Waals surface area contributed by atoms with Gasteiger partial charge >= 0.3 is 0 Å². The smallest absolute Gasteiger partial charge is 0.238 e. The van der Waals surface area contributed by atoms with Crippen LogP contribution in [0.1, 0.15) is 6.92 Å². The number of rotatable bonds is 7. The van der Waals surface area contributed by atoms with E-state index in [0.29, 0.717) is 25.4 Å². The summed E-state index contributed by atoms with van der Waals surface area (Å²) in [6.07, 6.45) is -0.376. The van der Waals surface area contributed by atoms with Crippen LogP contribution in [0, 0.1) is 0 Å². The molecular formula is C12H20N2O4S. The van der Waals surface area contributed by atoms with Crippen LogP contribution in [-0.2, 0) is 10.0 Å². The third kappa shape index (κ3) is 6.02. The summed E-state index contributed by atoms with van der Waals surface area (Å²) in [5.74, 6) is 0.581. The minimum Gasteiger partial charge on any atom is -0.492 e. The fraction of sp³-hybridized carbons (Fsp3) is 0.500. The van der Waals surface area contributed by atoms with E-state index in [4.69, 9.17) is 9.88 Å². The Labute approximate surface area is 113 Å². The molecule has 108 valence electrons. The molecule has 0 saturated carbocycles. The number of nitrogens with zero attached hydrogens (tertiary/aromatic N) is 1. The molecule has 3 N–H and O–H groups in total. The zero-order valence-electron chi connectivity index (χ0n) is 11.1. The van der Waals surface area contributed by atoms with Crippen LogP contribution < -0.4 is 9.88 Å². The molecule has 7 heteroatoms. The molecule has 0 amide bonds. The summed E-state index contributed by atoms with van der Waals surface area (Å²) >= 11 is 0. The summed E-state index contributed by atoms with van der Waals surface area (Å²) in [5, 5.41) is 14.2. The Morgan fingerprint density at radius 3 is 2.42 bits per heavy atom. The predicted octanol–water partition coefficient (Wildman–Crippen LogP) is 0.0254. The van der Waals surface area contributed by atoms with Gasteiger partial charge in [0.25, 0.3) is 0 Å². The summed E-state index contributed by atoms with van der Waals surface area (Å²) < 4.78 is 27.6. The van der Waals surface area contributed by atoms with Crippen molar-refractivity contribution in [1.29, 1.82) is 0 Å². The van der Waals surface area contributed by atoms with Gasteiger partial charge in [-0.2, -0.15) is 0 Å². The van der Waals surface area contributed by atoms with Gasteiger partial charge in [-0.15, -0.1) is 0 Å². The Morgan fingerprint density at radius 2 is 1.95 bits per heavy atom. The Balaban J connectivity index is 2.43. The SMILES string of the molecule is CC(O)CN(C)CCOc1ccc(S(N)(=O)=O)cc1. The predicted molar refractivity (Wildman–Crippen MR) is 72.5 cm³/mol. The van der Waals surface area contributed by atoms with Crippen molar-refractivity contribution in [2.45, 2.75) is 17.9 Å². The molecule has 19 heavy (non-hydrogen) atoms. The maximum atomic E-state index is 11.1. The van der Waals surface area contributed by atoms with Crippen LogP contribution in [0.15, 0.2) is 29.2 Å². The number of hydrogen-bond donors (Lipinski definition) is 2. The fourth-order valence-electron chi connectivity index (χ4n) is 1.59. The first-order valence-corrected chi connectivity index (χ1v) is 7.46. The van der Waals surface area contributed by atoms with Crippen LogP contribution in [0.2, 0.25) is 0 Å². The van der Waals surface area contributed by atoms with Gasteiger partial charge in [0.1, 0.15) is 12.4 Å². The summed E-state index contributed by atoms with van der Waals surface area (Å²) in [5.41, 5.74) is 0. The van der Waals surface area contributed by atoms with Gasteiger partial charge in [-0.3, -0.25) is 0 Å². The minimum atomic E-state index is -3.66. The number of likely N-dealkylation sites (N-methyl/N-ethyl adjacent to an activating group) is 1. The quantitative estimate of drug-likeness (QED) is 0.738. The molecule has 0 bridgehead atoms. The summed E-state index contributed by atoms with van der Waals surface area (Å²) in [7, 11) is -1.77. The summed E-state index contributed by atoms with van der Waals surface area (Å²) in [6.45, 7) is 3.43. The van der Waals surface area contributed by atoms with Crippen LogP contribution >= 0.6 is 0 Å². The Bertz CT molecular complexity index is 485. The molecule has 1 rings (SSSR count). The normalized spacial score (nSPS) is 13.5. The first-order valence-electron chi connectivity index (χ1n) is 5.91. The zero-order chi connectivity index (χ0) is 14.5. The number of hydrogen-bond acceptors (Lipinski definition) is 5. The van der Waals surface area contributed by atoms with Crippen molar-refractivity contribution in [3.05, 3.63) is 24.3 Å². The average molecular weight is 288 g/mol. The summed E-state index contributed by atoms with van der Waals surface area (Å²) in [6, 6.07) is 5.94. The third-order valence-corrected chi connectivity index (χ3v) is 3.40. The maximum Gasteiger partial charge on any atom is 0.238 e. The molecule has 0 radical (unpaired) electrons. The number of benzene rings is 1. The van der Waals surface area contributed by atoms with Crippen molar-refractivity contribution >= 4 is 10.0 Å². The van der Waals surface area contributed by atoms with Crippen molar-refractivity contribution in [3.8, 4) is 5.75 Å². The van der Waals surface area contributed by atoms with Gasteiger partial charge in [0.2, 0.25) is 10.0 Å². The average Bonchev–Trinajstić information content (AvgIpc) is 2.27. The molecule has 1 unspecified atom stereocenters. The summed E-state index contributed by atoms with van der Waals surface area (Å²) in [4.78, 5) is 2.01. The van der Waals surface area contributed by atoms with Crippen molar-refractivity contribution < 1.29 is 18.3 Å². The lowest BCUT2D eigenvalue weighted by atomic mass is 10.3. The van der Waals surface area contributed by atoms with Crippen LogP contribution in [-0.4, -0.2) is 51.3 Å². The Kier molecular flexibility index (Phi) is 5.74. The molecule has 0 aliphatic rings. The highest BCUT2D eigenvalue weighted by molar-refractivity contribution is 7.89. The molecule has 0 fully saturated rings. The maximum absolute atomic E-state index is 11.1. The van der Waals surface area contributed by atoms with E-state index in [2.05, 4.69) is 0 Å². The van der Waals surface area contributed by atoms with Gasteiger partial charge < -0.3 is 14.7 Å². The lowest BCUT2D eigenvalue weighted by Gasteiger charge is -2.18. The van der Waals surface area contributed by atoms with Gasteiger partial charge in [0.05, 0.1) is 11.0 Å². The molecule has 1 aromatic carbocycles. The van der Waals surface area contributed by atoms with Crippen molar-refractivity contribution in [3.63, 3.8) is 0 Å². The molecule has 0 aromatic heterocycles. The van der Waals surface area contributed by atoms with E-state index < -0.39 is 10.0 Å². The van der Waals surface area contributed by atoms with Crippen molar-refractivity contribution in [2.75, 3.05) is 26.7 Å². The number of ether oxygens (including phenoxy) is 1. The van der Waals surface area contributed by atoms with Crippen molar-refractivity contribution in [1.82, 2.24) is 4.90 Å². The molecule has 1 atom stereocenters. The lowest BCUT2D eigenvalue weighted by Crippen LogP contribution is -2.30. The molecule has 6 nitrogen and oxygen atoms in total. The van der Waals surface area contributed by atoms with E-state index in [9.17, 15) is 13.5 Å². The minimum absolute atomic E-state index is 0.0612. The van der Waals surface area contributed by atoms with Gasteiger partial charge in [-0.05, 0) is 38.2 Å². The van der Waals surface area contributed by atoms with E-state index in [0.717, 1.165) is 0 Å². The molecule has 0 spiro atoms. The zero-order valence-corrected chi connectivity index (χ0v) is 11.9. The molecule has 0 aliphatic carbocycles. The first-order chi connectivity index (χ1) is 8.79. The third-order valence-electron chi connectivity index (χ3n) is 2.47. The van der Waals surface area contributed by atoms with Crippen LogP contribution in [0.5, 0.6) is 5.75 Å².